The first-order chi connectivity index (χ1) is 10.6. The number of amides is 1. The summed E-state index contributed by atoms with van der Waals surface area (Å²) < 4.78 is 1.84. The fourth-order valence-corrected chi connectivity index (χ4v) is 3.51. The van der Waals surface area contributed by atoms with Crippen molar-refractivity contribution in [1.82, 2.24) is 9.47 Å². The lowest BCUT2D eigenvalue weighted by Crippen LogP contribution is -2.39. The van der Waals surface area contributed by atoms with E-state index >= 15 is 0 Å². The van der Waals surface area contributed by atoms with Crippen molar-refractivity contribution in [1.29, 1.82) is 0 Å². The summed E-state index contributed by atoms with van der Waals surface area (Å²) in [4.78, 5) is 25.5. The van der Waals surface area contributed by atoms with Gasteiger partial charge in [0.1, 0.15) is 5.69 Å². The number of hydrogen-bond acceptors (Lipinski definition) is 2. The lowest BCUT2D eigenvalue weighted by Gasteiger charge is -2.33. The SMILES string of the molecule is O=C(O)c1cccn1C1CCN(C(=O)CC2C=CCC2)CC1. The molecule has 1 unspecified atom stereocenters. The fraction of sp³-hybridized carbons (Fsp3) is 0.529. The van der Waals surface area contributed by atoms with Crippen molar-refractivity contribution >= 4 is 11.9 Å². The van der Waals surface area contributed by atoms with Crippen LogP contribution in [0.3, 0.4) is 0 Å². The van der Waals surface area contributed by atoms with Crippen molar-refractivity contribution in [2.45, 2.75) is 38.1 Å². The first-order valence-electron chi connectivity index (χ1n) is 7.99. The molecule has 2 aliphatic rings. The van der Waals surface area contributed by atoms with Gasteiger partial charge in [-0.05, 0) is 43.7 Å². The third kappa shape index (κ3) is 3.08. The molecule has 0 aromatic carbocycles. The molecule has 1 aliphatic heterocycles. The maximum Gasteiger partial charge on any atom is 0.352 e. The molecule has 0 bridgehead atoms. The largest absolute Gasteiger partial charge is 0.477 e. The molecule has 0 radical (unpaired) electrons. The molecule has 1 amide bonds. The lowest BCUT2D eigenvalue weighted by atomic mass is 10.0. The fourth-order valence-electron chi connectivity index (χ4n) is 3.51. The molecule has 5 nitrogen and oxygen atoms in total. The van der Waals surface area contributed by atoms with E-state index in [1.165, 1.54) is 0 Å². The number of likely N-dealkylation sites (tertiary alicyclic amines) is 1. The number of carbonyl (C=O) groups is 2. The normalized spacial score (nSPS) is 22.2. The van der Waals surface area contributed by atoms with E-state index < -0.39 is 5.97 Å². The van der Waals surface area contributed by atoms with Gasteiger partial charge < -0.3 is 14.6 Å². The van der Waals surface area contributed by atoms with Crippen LogP contribution in [0.4, 0.5) is 0 Å². The Bertz CT molecular complexity index is 582. The maximum absolute atomic E-state index is 12.3. The number of hydrogen-bond donors (Lipinski definition) is 1. The molecular weight excluding hydrogens is 280 g/mol. The third-order valence-corrected chi connectivity index (χ3v) is 4.76. The van der Waals surface area contributed by atoms with Crippen LogP contribution in [-0.2, 0) is 4.79 Å². The summed E-state index contributed by atoms with van der Waals surface area (Å²) in [6.45, 7) is 1.44. The van der Waals surface area contributed by atoms with Gasteiger partial charge in [-0.1, -0.05) is 12.2 Å². The standard InChI is InChI=1S/C17H22N2O3/c20-16(12-13-4-1-2-5-13)18-10-7-14(8-11-18)19-9-3-6-15(19)17(21)22/h1,3-4,6,9,13-14H,2,5,7-8,10-12H2,(H,21,22). The highest BCUT2D eigenvalue weighted by atomic mass is 16.4. The highest BCUT2D eigenvalue weighted by Gasteiger charge is 2.26. The van der Waals surface area contributed by atoms with Crippen molar-refractivity contribution in [3.05, 3.63) is 36.2 Å². The quantitative estimate of drug-likeness (QED) is 0.870. The highest BCUT2D eigenvalue weighted by Crippen LogP contribution is 2.27. The second-order valence-corrected chi connectivity index (χ2v) is 6.19. The molecule has 1 saturated heterocycles. The van der Waals surface area contributed by atoms with Crippen LogP contribution in [0, 0.1) is 5.92 Å². The number of carbonyl (C=O) groups excluding carboxylic acids is 1. The summed E-state index contributed by atoms with van der Waals surface area (Å²) in [7, 11) is 0. The number of aromatic carboxylic acids is 1. The number of piperidine rings is 1. The Balaban J connectivity index is 1.55. The maximum atomic E-state index is 12.3. The Hall–Kier alpha value is -2.04. The summed E-state index contributed by atoms with van der Waals surface area (Å²) >= 11 is 0. The molecule has 22 heavy (non-hydrogen) atoms. The van der Waals surface area contributed by atoms with Crippen LogP contribution < -0.4 is 0 Å². The predicted octanol–water partition coefficient (Wildman–Crippen LogP) is 2.71. The molecule has 1 aromatic heterocycles. The molecule has 1 fully saturated rings. The van der Waals surface area contributed by atoms with E-state index in [-0.39, 0.29) is 11.9 Å². The van der Waals surface area contributed by atoms with E-state index in [1.807, 2.05) is 15.7 Å². The number of rotatable bonds is 4. The minimum absolute atomic E-state index is 0.177. The van der Waals surface area contributed by atoms with E-state index in [2.05, 4.69) is 12.2 Å². The second kappa shape index (κ2) is 6.38. The van der Waals surface area contributed by atoms with E-state index in [4.69, 9.17) is 0 Å². The van der Waals surface area contributed by atoms with E-state index in [1.54, 1.807) is 12.1 Å². The van der Waals surface area contributed by atoms with Crippen LogP contribution >= 0.6 is 0 Å². The smallest absolute Gasteiger partial charge is 0.352 e. The Kier molecular flexibility index (Phi) is 4.32. The van der Waals surface area contributed by atoms with Gasteiger partial charge in [0.2, 0.25) is 5.91 Å². The first-order valence-corrected chi connectivity index (χ1v) is 7.99. The van der Waals surface area contributed by atoms with Crippen molar-refractivity contribution in [2.75, 3.05) is 13.1 Å². The zero-order valence-electron chi connectivity index (χ0n) is 12.6. The predicted molar refractivity (Wildman–Crippen MR) is 82.7 cm³/mol. The summed E-state index contributed by atoms with van der Waals surface area (Å²) in [6.07, 6.45) is 10.6. The van der Waals surface area contributed by atoms with Gasteiger partial charge in [-0.3, -0.25) is 4.79 Å². The van der Waals surface area contributed by atoms with Crippen molar-refractivity contribution in [2.24, 2.45) is 5.92 Å². The van der Waals surface area contributed by atoms with Gasteiger partial charge in [0.15, 0.2) is 0 Å². The zero-order valence-corrected chi connectivity index (χ0v) is 12.6. The Morgan fingerprint density at radius 1 is 1.23 bits per heavy atom. The molecule has 0 spiro atoms. The van der Waals surface area contributed by atoms with Gasteiger partial charge in [-0.15, -0.1) is 0 Å². The van der Waals surface area contributed by atoms with Gasteiger partial charge in [-0.25, -0.2) is 4.79 Å². The Labute approximate surface area is 130 Å². The van der Waals surface area contributed by atoms with Gasteiger partial charge in [0.05, 0.1) is 0 Å². The van der Waals surface area contributed by atoms with Gasteiger partial charge in [0.25, 0.3) is 0 Å². The van der Waals surface area contributed by atoms with E-state index in [0.29, 0.717) is 18.0 Å². The van der Waals surface area contributed by atoms with Crippen molar-refractivity contribution in [3.63, 3.8) is 0 Å². The summed E-state index contributed by atoms with van der Waals surface area (Å²) in [5.41, 5.74) is 0.334. The molecule has 1 N–H and O–H groups in total. The van der Waals surface area contributed by atoms with Crippen LogP contribution in [-0.4, -0.2) is 39.5 Å². The highest BCUT2D eigenvalue weighted by molar-refractivity contribution is 5.85. The second-order valence-electron chi connectivity index (χ2n) is 6.19. The molecule has 3 rings (SSSR count). The van der Waals surface area contributed by atoms with Crippen LogP contribution in [0.15, 0.2) is 30.5 Å². The third-order valence-electron chi connectivity index (χ3n) is 4.76. The number of carboxylic acid groups (broad SMARTS) is 1. The first kappa shape index (κ1) is 14.9. The summed E-state index contributed by atoms with van der Waals surface area (Å²) in [6, 6.07) is 3.58. The van der Waals surface area contributed by atoms with Gasteiger partial charge in [0, 0.05) is 31.7 Å². The van der Waals surface area contributed by atoms with E-state index in [9.17, 15) is 14.7 Å². The molecule has 1 aromatic rings. The number of aromatic nitrogens is 1. The topological polar surface area (TPSA) is 62.5 Å². The average Bonchev–Trinajstić information content (AvgIpc) is 3.18. The molecule has 2 heterocycles. The van der Waals surface area contributed by atoms with Gasteiger partial charge >= 0.3 is 5.97 Å². The molecule has 5 heteroatoms. The molecule has 118 valence electrons. The molecule has 0 saturated carbocycles. The van der Waals surface area contributed by atoms with Crippen LogP contribution in [0.1, 0.15) is 48.6 Å². The number of nitrogens with zero attached hydrogens (tertiary/aromatic N) is 2. The average molecular weight is 302 g/mol. The number of allylic oxidation sites excluding steroid dienone is 2. The lowest BCUT2D eigenvalue weighted by molar-refractivity contribution is -0.133. The van der Waals surface area contributed by atoms with E-state index in [0.717, 1.165) is 38.8 Å². The molecular formula is C17H22N2O3. The Morgan fingerprint density at radius 3 is 2.64 bits per heavy atom. The van der Waals surface area contributed by atoms with Crippen LogP contribution in [0.2, 0.25) is 0 Å². The Morgan fingerprint density at radius 2 is 2.00 bits per heavy atom. The van der Waals surface area contributed by atoms with Crippen molar-refractivity contribution in [3.8, 4) is 0 Å². The molecule has 1 aliphatic carbocycles. The number of carboxylic acids is 1. The monoisotopic (exact) mass is 302 g/mol. The van der Waals surface area contributed by atoms with Crippen LogP contribution in [0.25, 0.3) is 0 Å². The molecule has 1 atom stereocenters. The zero-order chi connectivity index (χ0) is 15.5. The summed E-state index contributed by atoms with van der Waals surface area (Å²) in [5.74, 6) is -0.245. The van der Waals surface area contributed by atoms with Crippen molar-refractivity contribution < 1.29 is 14.7 Å². The minimum atomic E-state index is -0.892. The minimum Gasteiger partial charge on any atom is -0.477 e. The summed E-state index contributed by atoms with van der Waals surface area (Å²) in [5, 5.41) is 9.19. The van der Waals surface area contributed by atoms with Gasteiger partial charge in [-0.2, -0.15) is 0 Å². The van der Waals surface area contributed by atoms with Crippen LogP contribution in [0.5, 0.6) is 0 Å².